The predicted octanol–water partition coefficient (Wildman–Crippen LogP) is 2.47. The van der Waals surface area contributed by atoms with Crippen molar-refractivity contribution in [1.82, 2.24) is 24.6 Å². The zero-order valence-corrected chi connectivity index (χ0v) is 15.2. The fraction of sp³-hybridized carbons (Fsp3) is 0.474. The van der Waals surface area contributed by atoms with Gasteiger partial charge in [-0.3, -0.25) is 9.69 Å². The molecule has 0 amide bonds. The molecule has 0 bridgehead atoms. The summed E-state index contributed by atoms with van der Waals surface area (Å²) in [5.74, 6) is 0.152. The van der Waals surface area contributed by atoms with Crippen LogP contribution in [0.1, 0.15) is 36.7 Å². The quantitative estimate of drug-likeness (QED) is 0.656. The molecule has 0 spiro atoms. The summed E-state index contributed by atoms with van der Waals surface area (Å²) in [7, 11) is 0. The number of benzene rings is 1. The lowest BCUT2D eigenvalue weighted by Gasteiger charge is -2.26. The summed E-state index contributed by atoms with van der Waals surface area (Å²) < 4.78 is 7.43. The normalized spacial score (nSPS) is 16.0. The van der Waals surface area contributed by atoms with Gasteiger partial charge in [0.05, 0.1) is 30.6 Å². The highest BCUT2D eigenvalue weighted by atomic mass is 16.5. The molecule has 1 fully saturated rings. The van der Waals surface area contributed by atoms with E-state index >= 15 is 0 Å². The van der Waals surface area contributed by atoms with Gasteiger partial charge in [-0.15, -0.1) is 10.2 Å². The number of rotatable bonds is 5. The summed E-state index contributed by atoms with van der Waals surface area (Å²) in [6, 6.07) is 5.92. The fourth-order valence-corrected chi connectivity index (χ4v) is 3.39. The van der Waals surface area contributed by atoms with Crippen LogP contribution in [0.5, 0.6) is 0 Å². The maximum atomic E-state index is 12.7. The number of ketones is 1. The third kappa shape index (κ3) is 3.20. The monoisotopic (exact) mass is 353 g/mol. The average molecular weight is 353 g/mol. The van der Waals surface area contributed by atoms with Crippen molar-refractivity contribution in [3.8, 4) is 0 Å². The first-order chi connectivity index (χ1) is 12.6. The maximum absolute atomic E-state index is 12.7. The zero-order chi connectivity index (χ0) is 18.1. The van der Waals surface area contributed by atoms with Crippen LogP contribution in [0.4, 0.5) is 0 Å². The van der Waals surface area contributed by atoms with Gasteiger partial charge in [0, 0.05) is 43.0 Å². The van der Waals surface area contributed by atoms with Crippen LogP contribution in [0.3, 0.4) is 0 Å². The van der Waals surface area contributed by atoms with Gasteiger partial charge in [0.1, 0.15) is 0 Å². The summed E-state index contributed by atoms with van der Waals surface area (Å²) in [5, 5.41) is 9.37. The van der Waals surface area contributed by atoms with Crippen LogP contribution in [0.25, 0.3) is 22.1 Å². The first-order valence-electron chi connectivity index (χ1n) is 9.10. The summed E-state index contributed by atoms with van der Waals surface area (Å²) in [4.78, 5) is 19.3. The Bertz CT molecular complexity index is 944. The third-order valence-electron chi connectivity index (χ3n) is 4.92. The Kier molecular flexibility index (Phi) is 4.65. The molecule has 4 rings (SSSR count). The number of fused-ring (bicyclic) bond motifs is 3. The molecule has 0 N–H and O–H groups in total. The largest absolute Gasteiger partial charge is 0.379 e. The number of nitrogens with zero attached hydrogens (tertiary/aromatic N) is 5. The molecule has 1 aliphatic heterocycles. The van der Waals surface area contributed by atoms with Crippen LogP contribution in [0.15, 0.2) is 24.5 Å². The molecule has 0 saturated carbocycles. The van der Waals surface area contributed by atoms with Gasteiger partial charge in [-0.25, -0.2) is 4.98 Å². The topological polar surface area (TPSA) is 73.1 Å². The number of hydrogen-bond acceptors (Lipinski definition) is 6. The van der Waals surface area contributed by atoms with E-state index in [9.17, 15) is 4.79 Å². The number of ether oxygens (including phenoxy) is 1. The van der Waals surface area contributed by atoms with Crippen molar-refractivity contribution in [1.29, 1.82) is 0 Å². The molecule has 7 heteroatoms. The van der Waals surface area contributed by atoms with Gasteiger partial charge < -0.3 is 9.30 Å². The summed E-state index contributed by atoms with van der Waals surface area (Å²) in [5.41, 5.74) is 3.05. The molecule has 0 radical (unpaired) electrons. The second-order valence-electron chi connectivity index (χ2n) is 6.98. The highest BCUT2D eigenvalue weighted by Crippen LogP contribution is 2.25. The van der Waals surface area contributed by atoms with Gasteiger partial charge in [-0.2, -0.15) is 0 Å². The molecule has 0 atom stereocenters. The SMILES string of the molecule is CC(C)n1cnc2nnc3ccc(C(=O)CCN4CCOCC4)cc3c21. The Morgan fingerprint density at radius 1 is 1.23 bits per heavy atom. The van der Waals surface area contributed by atoms with Crippen LogP contribution < -0.4 is 0 Å². The average Bonchev–Trinajstić information content (AvgIpc) is 3.11. The number of hydrogen-bond donors (Lipinski definition) is 0. The van der Waals surface area contributed by atoms with Crippen molar-refractivity contribution in [2.45, 2.75) is 26.3 Å². The Balaban J connectivity index is 1.64. The highest BCUT2D eigenvalue weighted by Gasteiger charge is 2.16. The van der Waals surface area contributed by atoms with Gasteiger partial charge in [-0.05, 0) is 32.0 Å². The van der Waals surface area contributed by atoms with Gasteiger partial charge in [0.15, 0.2) is 5.78 Å². The second kappa shape index (κ2) is 7.09. The Hall–Kier alpha value is -2.38. The van der Waals surface area contributed by atoms with Crippen LogP contribution in [-0.2, 0) is 4.74 Å². The van der Waals surface area contributed by atoms with E-state index in [2.05, 4.69) is 38.5 Å². The Morgan fingerprint density at radius 2 is 2.04 bits per heavy atom. The minimum Gasteiger partial charge on any atom is -0.379 e. The van der Waals surface area contributed by atoms with E-state index in [1.165, 1.54) is 0 Å². The molecule has 1 aliphatic rings. The molecule has 2 aromatic heterocycles. The predicted molar refractivity (Wildman–Crippen MR) is 99.4 cm³/mol. The molecular weight excluding hydrogens is 330 g/mol. The number of carbonyl (C=O) groups excluding carboxylic acids is 1. The maximum Gasteiger partial charge on any atom is 0.200 e. The van der Waals surface area contributed by atoms with Crippen molar-refractivity contribution in [3.05, 3.63) is 30.1 Å². The van der Waals surface area contributed by atoms with Crippen molar-refractivity contribution < 1.29 is 9.53 Å². The Labute approximate surface area is 152 Å². The van der Waals surface area contributed by atoms with E-state index in [4.69, 9.17) is 4.74 Å². The van der Waals surface area contributed by atoms with Crippen molar-refractivity contribution in [2.75, 3.05) is 32.8 Å². The molecule has 7 nitrogen and oxygen atoms in total. The molecule has 1 aromatic carbocycles. The molecule has 136 valence electrons. The molecule has 3 aromatic rings. The molecule has 26 heavy (non-hydrogen) atoms. The first kappa shape index (κ1) is 17.1. The van der Waals surface area contributed by atoms with Gasteiger partial charge in [0.25, 0.3) is 0 Å². The highest BCUT2D eigenvalue weighted by molar-refractivity contribution is 6.05. The van der Waals surface area contributed by atoms with E-state index in [0.717, 1.165) is 54.8 Å². The van der Waals surface area contributed by atoms with Crippen LogP contribution in [-0.4, -0.2) is 63.3 Å². The number of imidazole rings is 1. The molecule has 1 saturated heterocycles. The first-order valence-corrected chi connectivity index (χ1v) is 9.10. The van der Waals surface area contributed by atoms with Crippen LogP contribution >= 0.6 is 0 Å². The fourth-order valence-electron chi connectivity index (χ4n) is 3.39. The Morgan fingerprint density at radius 3 is 2.81 bits per heavy atom. The summed E-state index contributed by atoms with van der Waals surface area (Å²) in [6.45, 7) is 8.27. The summed E-state index contributed by atoms with van der Waals surface area (Å²) in [6.07, 6.45) is 2.30. The lowest BCUT2D eigenvalue weighted by atomic mass is 10.0. The number of carbonyl (C=O) groups is 1. The molecule has 0 aliphatic carbocycles. The lowest BCUT2D eigenvalue weighted by molar-refractivity contribution is 0.0370. The van der Waals surface area contributed by atoms with E-state index in [0.29, 0.717) is 12.1 Å². The van der Waals surface area contributed by atoms with Crippen molar-refractivity contribution in [2.24, 2.45) is 0 Å². The van der Waals surface area contributed by atoms with E-state index in [-0.39, 0.29) is 11.8 Å². The van der Waals surface area contributed by atoms with Crippen molar-refractivity contribution in [3.63, 3.8) is 0 Å². The number of morpholine rings is 1. The van der Waals surface area contributed by atoms with E-state index in [1.54, 1.807) is 6.33 Å². The van der Waals surface area contributed by atoms with E-state index < -0.39 is 0 Å². The smallest absolute Gasteiger partial charge is 0.200 e. The van der Waals surface area contributed by atoms with E-state index in [1.807, 2.05) is 18.2 Å². The third-order valence-corrected chi connectivity index (χ3v) is 4.92. The standard InChI is InChI=1S/C19H23N5O2/c1-13(2)24-12-20-19-18(24)15-11-14(3-4-16(15)21-22-19)17(25)5-6-23-7-9-26-10-8-23/h3-4,11-13H,5-10H2,1-2H3. The molecule has 3 heterocycles. The number of aromatic nitrogens is 4. The van der Waals surface area contributed by atoms with Crippen LogP contribution in [0.2, 0.25) is 0 Å². The van der Waals surface area contributed by atoms with Gasteiger partial charge in [0.2, 0.25) is 5.65 Å². The van der Waals surface area contributed by atoms with Crippen LogP contribution in [0, 0.1) is 0 Å². The summed E-state index contributed by atoms with van der Waals surface area (Å²) >= 11 is 0. The molecule has 0 unspecified atom stereocenters. The lowest BCUT2D eigenvalue weighted by Crippen LogP contribution is -2.37. The molecular formula is C19H23N5O2. The van der Waals surface area contributed by atoms with Gasteiger partial charge in [-0.1, -0.05) is 0 Å². The minimum absolute atomic E-state index is 0.152. The second-order valence-corrected chi connectivity index (χ2v) is 6.98. The zero-order valence-electron chi connectivity index (χ0n) is 15.2. The van der Waals surface area contributed by atoms with Crippen molar-refractivity contribution >= 4 is 27.9 Å². The minimum atomic E-state index is 0.152. The number of Topliss-reactive ketones (excluding diaryl/α,β-unsaturated/α-hetero) is 1. The van der Waals surface area contributed by atoms with Gasteiger partial charge >= 0.3 is 0 Å².